The number of nitrogens with zero attached hydrogens (tertiary/aromatic N) is 2. The number of nitrogens with two attached hydrogens (primary N) is 1. The Labute approximate surface area is 166 Å². The quantitative estimate of drug-likeness (QED) is 0.601. The first-order valence-electron chi connectivity index (χ1n) is 9.72. The predicted molar refractivity (Wildman–Crippen MR) is 111 cm³/mol. The van der Waals surface area contributed by atoms with Crippen molar-refractivity contribution < 1.29 is 9.59 Å². The van der Waals surface area contributed by atoms with E-state index in [1.54, 1.807) is 9.47 Å². The Bertz CT molecular complexity index is 764. The summed E-state index contributed by atoms with van der Waals surface area (Å²) in [6.07, 6.45) is 11.3. The number of hydrogen-bond donors (Lipinski definition) is 1. The molecule has 1 heterocycles. The molecular formula is C21H30ClN3O2. The van der Waals surface area contributed by atoms with Crippen LogP contribution >= 0.6 is 11.6 Å². The molecule has 0 aliphatic heterocycles. The van der Waals surface area contributed by atoms with E-state index in [0.29, 0.717) is 12.5 Å². The molecule has 1 aliphatic rings. The van der Waals surface area contributed by atoms with Gasteiger partial charge in [-0.15, -0.1) is 0 Å². The Balaban J connectivity index is 0.000000817. The summed E-state index contributed by atoms with van der Waals surface area (Å²) >= 11 is 6.51. The van der Waals surface area contributed by atoms with E-state index in [-0.39, 0.29) is 12.4 Å². The summed E-state index contributed by atoms with van der Waals surface area (Å²) in [5.41, 5.74) is 6.32. The standard InChI is InChI=1S/C20H27ClN2O.CH3NO/c1-3-22(2)20(24)23-14-16(13-15-9-6-4-5-7-10-15)19-17(21)11-8-12-18(19)23;2-1-3/h8,11-12,14-15H,3-7,9-10,13H2,1-2H3;1H,(H2,2,3). The Morgan fingerprint density at radius 2 is 1.93 bits per heavy atom. The minimum absolute atomic E-state index is 0.0110. The maximum absolute atomic E-state index is 12.7. The minimum Gasteiger partial charge on any atom is -0.372 e. The van der Waals surface area contributed by atoms with Crippen LogP contribution in [-0.2, 0) is 11.2 Å². The number of carbonyl (C=O) groups is 2. The van der Waals surface area contributed by atoms with Crippen molar-refractivity contribution in [2.45, 2.75) is 51.9 Å². The van der Waals surface area contributed by atoms with Crippen LogP contribution in [0.2, 0.25) is 5.02 Å². The number of benzene rings is 1. The largest absolute Gasteiger partial charge is 0.372 e. The lowest BCUT2D eigenvalue weighted by Gasteiger charge is -2.15. The van der Waals surface area contributed by atoms with E-state index in [1.165, 1.54) is 44.1 Å². The number of rotatable bonds is 3. The van der Waals surface area contributed by atoms with Gasteiger partial charge >= 0.3 is 6.03 Å². The lowest BCUT2D eigenvalue weighted by Crippen LogP contribution is -2.30. The normalized spacial score (nSPS) is 14.9. The highest BCUT2D eigenvalue weighted by Gasteiger charge is 2.21. The van der Waals surface area contributed by atoms with Crippen LogP contribution in [0, 0.1) is 5.92 Å². The van der Waals surface area contributed by atoms with Gasteiger partial charge in [0.25, 0.3) is 0 Å². The number of amides is 2. The first kappa shape index (κ1) is 21.3. The third-order valence-electron chi connectivity index (χ3n) is 5.35. The zero-order chi connectivity index (χ0) is 19.8. The second kappa shape index (κ2) is 10.4. The van der Waals surface area contributed by atoms with Gasteiger partial charge < -0.3 is 10.6 Å². The summed E-state index contributed by atoms with van der Waals surface area (Å²) in [6, 6.07) is 5.87. The average molecular weight is 392 g/mol. The van der Waals surface area contributed by atoms with Gasteiger partial charge in [-0.1, -0.05) is 56.2 Å². The molecule has 2 amide bonds. The summed E-state index contributed by atoms with van der Waals surface area (Å²) in [5.74, 6) is 0.710. The monoisotopic (exact) mass is 391 g/mol. The molecule has 1 aliphatic carbocycles. The molecule has 0 radical (unpaired) electrons. The van der Waals surface area contributed by atoms with Crippen LogP contribution in [0.25, 0.3) is 10.9 Å². The second-order valence-corrected chi connectivity index (χ2v) is 7.56. The fraction of sp³-hybridized carbons (Fsp3) is 0.524. The maximum atomic E-state index is 12.7. The van der Waals surface area contributed by atoms with Crippen LogP contribution in [0.15, 0.2) is 24.4 Å². The number of hydrogen-bond acceptors (Lipinski definition) is 2. The van der Waals surface area contributed by atoms with Crippen molar-refractivity contribution >= 4 is 34.9 Å². The molecule has 1 aromatic heterocycles. The van der Waals surface area contributed by atoms with Gasteiger partial charge in [-0.2, -0.15) is 0 Å². The van der Waals surface area contributed by atoms with E-state index in [2.05, 4.69) is 5.73 Å². The Hall–Kier alpha value is -2.01. The molecule has 27 heavy (non-hydrogen) atoms. The average Bonchev–Trinajstić information content (AvgIpc) is 2.84. The molecule has 0 saturated heterocycles. The maximum Gasteiger partial charge on any atom is 0.328 e. The van der Waals surface area contributed by atoms with Gasteiger partial charge in [0.05, 0.1) is 10.5 Å². The minimum atomic E-state index is 0.0110. The van der Waals surface area contributed by atoms with Crippen molar-refractivity contribution in [3.8, 4) is 0 Å². The molecular weight excluding hydrogens is 362 g/mol. The van der Waals surface area contributed by atoms with Crippen LogP contribution < -0.4 is 5.73 Å². The topological polar surface area (TPSA) is 68.3 Å². The molecule has 1 saturated carbocycles. The molecule has 1 fully saturated rings. The van der Waals surface area contributed by atoms with Gasteiger partial charge in [0.1, 0.15) is 0 Å². The lowest BCUT2D eigenvalue weighted by molar-refractivity contribution is -0.106. The number of halogens is 1. The van der Waals surface area contributed by atoms with Gasteiger partial charge in [0, 0.05) is 25.2 Å². The Morgan fingerprint density at radius 1 is 1.30 bits per heavy atom. The SMILES string of the molecule is CCN(C)C(=O)n1cc(CC2CCCCCC2)c2c(Cl)cccc21.NC=O. The smallest absolute Gasteiger partial charge is 0.328 e. The molecule has 0 unspecified atom stereocenters. The van der Waals surface area contributed by atoms with Gasteiger partial charge in [0.15, 0.2) is 0 Å². The van der Waals surface area contributed by atoms with Crippen molar-refractivity contribution in [1.29, 1.82) is 0 Å². The number of aromatic nitrogens is 1. The lowest BCUT2D eigenvalue weighted by atomic mass is 9.92. The third-order valence-corrected chi connectivity index (χ3v) is 5.66. The highest BCUT2D eigenvalue weighted by atomic mass is 35.5. The molecule has 2 aromatic rings. The summed E-state index contributed by atoms with van der Waals surface area (Å²) in [4.78, 5) is 23.0. The van der Waals surface area contributed by atoms with E-state index >= 15 is 0 Å². The molecule has 1 aromatic carbocycles. The van der Waals surface area contributed by atoms with E-state index in [1.807, 2.05) is 38.4 Å². The molecule has 0 spiro atoms. The molecule has 5 nitrogen and oxygen atoms in total. The molecule has 6 heteroatoms. The van der Waals surface area contributed by atoms with Gasteiger partial charge in [-0.3, -0.25) is 9.36 Å². The predicted octanol–water partition coefficient (Wildman–Crippen LogP) is 4.83. The Kier molecular flexibility index (Phi) is 8.17. The fourth-order valence-electron chi connectivity index (χ4n) is 3.83. The number of carbonyl (C=O) groups excluding carboxylic acids is 2. The van der Waals surface area contributed by atoms with Gasteiger partial charge in [0.2, 0.25) is 6.41 Å². The highest BCUT2D eigenvalue weighted by Crippen LogP contribution is 2.33. The Morgan fingerprint density at radius 3 is 2.52 bits per heavy atom. The molecule has 3 rings (SSSR count). The van der Waals surface area contributed by atoms with Crippen LogP contribution in [0.3, 0.4) is 0 Å². The van der Waals surface area contributed by atoms with Gasteiger partial charge in [-0.25, -0.2) is 4.79 Å². The fourth-order valence-corrected chi connectivity index (χ4v) is 4.12. The van der Waals surface area contributed by atoms with Crippen LogP contribution in [-0.4, -0.2) is 35.5 Å². The first-order chi connectivity index (χ1) is 13.0. The van der Waals surface area contributed by atoms with E-state index in [4.69, 9.17) is 16.4 Å². The molecule has 2 N–H and O–H groups in total. The number of fused-ring (bicyclic) bond motifs is 1. The zero-order valence-corrected chi connectivity index (χ0v) is 17.0. The van der Waals surface area contributed by atoms with Crippen molar-refractivity contribution in [2.24, 2.45) is 11.7 Å². The van der Waals surface area contributed by atoms with Crippen molar-refractivity contribution in [3.05, 3.63) is 35.0 Å². The van der Waals surface area contributed by atoms with Crippen molar-refractivity contribution in [3.63, 3.8) is 0 Å². The van der Waals surface area contributed by atoms with E-state index in [0.717, 1.165) is 22.3 Å². The van der Waals surface area contributed by atoms with Crippen LogP contribution in [0.1, 0.15) is 51.0 Å². The van der Waals surface area contributed by atoms with Crippen LogP contribution in [0.5, 0.6) is 0 Å². The summed E-state index contributed by atoms with van der Waals surface area (Å²) in [7, 11) is 1.84. The van der Waals surface area contributed by atoms with Gasteiger partial charge in [-0.05, 0) is 37.0 Å². The molecule has 148 valence electrons. The molecule has 0 bridgehead atoms. The second-order valence-electron chi connectivity index (χ2n) is 7.15. The first-order valence-corrected chi connectivity index (χ1v) is 10.1. The number of primary amides is 1. The van der Waals surface area contributed by atoms with Crippen LogP contribution in [0.4, 0.5) is 4.79 Å². The highest BCUT2D eigenvalue weighted by molar-refractivity contribution is 6.35. The van der Waals surface area contributed by atoms with E-state index in [9.17, 15) is 4.79 Å². The molecule has 0 atom stereocenters. The third kappa shape index (κ3) is 5.25. The van der Waals surface area contributed by atoms with Crippen molar-refractivity contribution in [1.82, 2.24) is 9.47 Å². The zero-order valence-electron chi connectivity index (χ0n) is 16.3. The summed E-state index contributed by atoms with van der Waals surface area (Å²) < 4.78 is 1.77. The summed E-state index contributed by atoms with van der Waals surface area (Å²) in [6.45, 7) is 2.68. The van der Waals surface area contributed by atoms with Crippen molar-refractivity contribution in [2.75, 3.05) is 13.6 Å². The van der Waals surface area contributed by atoms with E-state index < -0.39 is 0 Å². The summed E-state index contributed by atoms with van der Waals surface area (Å²) in [5, 5.41) is 1.81.